The molecule has 0 saturated heterocycles. The Kier molecular flexibility index (Phi) is 4.50. The summed E-state index contributed by atoms with van der Waals surface area (Å²) in [5.74, 6) is 0. The molecule has 1 atom stereocenters. The van der Waals surface area contributed by atoms with Crippen LogP contribution in [0.5, 0.6) is 0 Å². The third kappa shape index (κ3) is 3.30. The Morgan fingerprint density at radius 2 is 1.58 bits per heavy atom. The number of aryl methyl sites for hydroxylation is 2. The van der Waals surface area contributed by atoms with Crippen molar-refractivity contribution in [1.29, 1.82) is 0 Å². The van der Waals surface area contributed by atoms with Crippen LogP contribution < -0.4 is 5.30 Å². The largest absolute Gasteiger partial charge is 0.377 e. The summed E-state index contributed by atoms with van der Waals surface area (Å²) in [6.45, 7) is 6.28. The van der Waals surface area contributed by atoms with Crippen molar-refractivity contribution >= 4 is 13.1 Å². The van der Waals surface area contributed by atoms with Crippen LogP contribution in [0, 0.1) is 20.8 Å². The van der Waals surface area contributed by atoms with Crippen LogP contribution >= 0.6 is 7.80 Å². The van der Waals surface area contributed by atoms with E-state index in [1.54, 1.807) is 0 Å². The molecule has 0 spiro atoms. The monoisotopic (exact) mass is 271 g/mol. The minimum Gasteiger partial charge on any atom is -0.0681 e. The molecule has 0 N–H and O–H groups in total. The van der Waals surface area contributed by atoms with Crippen molar-refractivity contribution in [1.82, 2.24) is 0 Å². The van der Waals surface area contributed by atoms with Crippen LogP contribution in [0.3, 0.4) is 0 Å². The summed E-state index contributed by atoms with van der Waals surface area (Å²) < 4.78 is 12.5. The third-order valence-corrected chi connectivity index (χ3v) is 5.40. The molecule has 0 bridgehead atoms. The van der Waals surface area contributed by atoms with Gasteiger partial charge >= 0.3 is 7.80 Å². The molecule has 19 heavy (non-hydrogen) atoms. The summed E-state index contributed by atoms with van der Waals surface area (Å²) in [5, 5.41) is 1.02. The Hall–Kier alpha value is -1.46. The number of benzene rings is 2. The molecule has 0 aromatic heterocycles. The highest BCUT2D eigenvalue weighted by atomic mass is 31.1. The normalized spacial score (nSPS) is 11.4. The summed E-state index contributed by atoms with van der Waals surface area (Å²) in [5.41, 5.74) is 4.98. The number of hydrogen-bond donors (Lipinski definition) is 0. The fourth-order valence-corrected chi connectivity index (χ4v) is 3.69. The molecule has 0 amide bonds. The SMILES string of the molecule is Cc1ccc([P+](=O)CCc2ccccc2)c(C)c1C. The lowest BCUT2D eigenvalue weighted by molar-refractivity contribution is 0.592. The van der Waals surface area contributed by atoms with E-state index in [2.05, 4.69) is 39.0 Å². The lowest BCUT2D eigenvalue weighted by atomic mass is 10.1. The van der Waals surface area contributed by atoms with Crippen molar-refractivity contribution in [2.75, 3.05) is 6.16 Å². The molecule has 0 heterocycles. The zero-order chi connectivity index (χ0) is 13.8. The molecule has 1 unspecified atom stereocenters. The Bertz CT molecular complexity index is 588. The van der Waals surface area contributed by atoms with Gasteiger partial charge in [-0.1, -0.05) is 41.0 Å². The number of hydrogen-bond acceptors (Lipinski definition) is 1. The number of rotatable bonds is 4. The Balaban J connectivity index is 2.11. The van der Waals surface area contributed by atoms with Gasteiger partial charge in [0.15, 0.2) is 11.5 Å². The minimum absolute atomic E-state index is 0.725. The van der Waals surface area contributed by atoms with Gasteiger partial charge in [-0.05, 0) is 43.5 Å². The van der Waals surface area contributed by atoms with Crippen molar-refractivity contribution in [2.24, 2.45) is 0 Å². The maximum atomic E-state index is 12.5. The Morgan fingerprint density at radius 1 is 0.895 bits per heavy atom. The molecule has 2 rings (SSSR count). The topological polar surface area (TPSA) is 17.1 Å². The second-order valence-electron chi connectivity index (χ2n) is 4.99. The minimum atomic E-state index is -1.30. The molecule has 2 aromatic carbocycles. The van der Waals surface area contributed by atoms with Gasteiger partial charge in [0.05, 0.1) is 0 Å². The van der Waals surface area contributed by atoms with Gasteiger partial charge in [-0.15, -0.1) is 0 Å². The molecular formula is C17H20OP+. The van der Waals surface area contributed by atoms with Crippen LogP contribution in [-0.4, -0.2) is 6.16 Å². The summed E-state index contributed by atoms with van der Waals surface area (Å²) in [6, 6.07) is 14.4. The second kappa shape index (κ2) is 6.12. The van der Waals surface area contributed by atoms with Crippen LogP contribution in [-0.2, 0) is 11.0 Å². The van der Waals surface area contributed by atoms with E-state index < -0.39 is 7.80 Å². The van der Waals surface area contributed by atoms with Crippen molar-refractivity contribution < 1.29 is 4.57 Å². The van der Waals surface area contributed by atoms with Gasteiger partial charge < -0.3 is 0 Å². The van der Waals surface area contributed by atoms with Gasteiger partial charge in [-0.2, -0.15) is 0 Å². The summed E-state index contributed by atoms with van der Waals surface area (Å²) in [7, 11) is -1.30. The first-order chi connectivity index (χ1) is 9.09. The predicted octanol–water partition coefficient (Wildman–Crippen LogP) is 4.31. The van der Waals surface area contributed by atoms with Crippen molar-refractivity contribution in [3.63, 3.8) is 0 Å². The second-order valence-corrected chi connectivity index (χ2v) is 6.68. The maximum absolute atomic E-state index is 12.5. The lowest BCUT2D eigenvalue weighted by Crippen LogP contribution is -2.07. The van der Waals surface area contributed by atoms with Gasteiger partial charge in [-0.3, -0.25) is 0 Å². The van der Waals surface area contributed by atoms with Crippen molar-refractivity contribution in [2.45, 2.75) is 27.2 Å². The fourth-order valence-electron chi connectivity index (χ4n) is 2.21. The molecule has 0 aliphatic heterocycles. The molecule has 0 fully saturated rings. The van der Waals surface area contributed by atoms with E-state index in [0.29, 0.717) is 0 Å². The molecule has 1 nitrogen and oxygen atoms in total. The van der Waals surface area contributed by atoms with Crippen LogP contribution in [0.1, 0.15) is 22.3 Å². The highest BCUT2D eigenvalue weighted by Gasteiger charge is 2.23. The first-order valence-corrected chi connectivity index (χ1v) is 8.09. The van der Waals surface area contributed by atoms with Gasteiger partial charge in [0, 0.05) is 12.0 Å². The molecule has 2 aromatic rings. The molecule has 2 heteroatoms. The predicted molar refractivity (Wildman–Crippen MR) is 82.9 cm³/mol. The van der Waals surface area contributed by atoms with E-state index in [1.807, 2.05) is 24.3 Å². The standard InChI is InChI=1S/C17H20OP/c1-13-9-10-17(15(3)14(13)2)19(18)12-11-16-7-5-4-6-8-16/h4-10H,11-12H2,1-3H3/q+1. The lowest BCUT2D eigenvalue weighted by Gasteiger charge is -2.04. The summed E-state index contributed by atoms with van der Waals surface area (Å²) >= 11 is 0. The molecule has 98 valence electrons. The van der Waals surface area contributed by atoms with Gasteiger partial charge in [0.25, 0.3) is 0 Å². The van der Waals surface area contributed by atoms with Crippen LogP contribution in [0.4, 0.5) is 0 Å². The van der Waals surface area contributed by atoms with Crippen molar-refractivity contribution in [3.8, 4) is 0 Å². The zero-order valence-electron chi connectivity index (χ0n) is 11.8. The van der Waals surface area contributed by atoms with E-state index in [1.165, 1.54) is 22.3 Å². The smallest absolute Gasteiger partial charge is 0.0681 e. The fraction of sp³-hybridized carbons (Fsp3) is 0.294. The van der Waals surface area contributed by atoms with E-state index in [-0.39, 0.29) is 0 Å². The molecule has 0 aliphatic rings. The quantitative estimate of drug-likeness (QED) is 0.757. The first-order valence-electron chi connectivity index (χ1n) is 6.65. The molecular weight excluding hydrogens is 251 g/mol. The summed E-state index contributed by atoms with van der Waals surface area (Å²) in [6.07, 6.45) is 1.60. The van der Waals surface area contributed by atoms with Crippen LogP contribution in [0.2, 0.25) is 0 Å². The molecule has 0 radical (unpaired) electrons. The zero-order valence-corrected chi connectivity index (χ0v) is 12.7. The van der Waals surface area contributed by atoms with E-state index in [4.69, 9.17) is 0 Å². The van der Waals surface area contributed by atoms with Gasteiger partial charge in [0.2, 0.25) is 0 Å². The third-order valence-electron chi connectivity index (χ3n) is 3.74. The van der Waals surface area contributed by atoms with Crippen molar-refractivity contribution in [3.05, 3.63) is 64.7 Å². The van der Waals surface area contributed by atoms with Crippen LogP contribution in [0.25, 0.3) is 0 Å². The van der Waals surface area contributed by atoms with E-state index >= 15 is 0 Å². The van der Waals surface area contributed by atoms with Gasteiger partial charge in [-0.25, -0.2) is 0 Å². The maximum Gasteiger partial charge on any atom is 0.377 e. The van der Waals surface area contributed by atoms with Crippen LogP contribution in [0.15, 0.2) is 42.5 Å². The average molecular weight is 271 g/mol. The highest BCUT2D eigenvalue weighted by Crippen LogP contribution is 2.25. The molecule has 0 aliphatic carbocycles. The van der Waals surface area contributed by atoms with E-state index in [0.717, 1.165) is 17.9 Å². The Labute approximate surface area is 116 Å². The van der Waals surface area contributed by atoms with E-state index in [9.17, 15) is 4.57 Å². The van der Waals surface area contributed by atoms with Gasteiger partial charge in [0.1, 0.15) is 0 Å². The summed E-state index contributed by atoms with van der Waals surface area (Å²) in [4.78, 5) is 0. The highest BCUT2D eigenvalue weighted by molar-refractivity contribution is 7.53. The molecule has 0 saturated carbocycles. The first kappa shape index (κ1) is 14.0. The Morgan fingerprint density at radius 3 is 2.26 bits per heavy atom. The average Bonchev–Trinajstić information content (AvgIpc) is 2.43.